The van der Waals surface area contributed by atoms with Gasteiger partial charge in [-0.2, -0.15) is 0 Å². The molecule has 0 radical (unpaired) electrons. The molecule has 3 aromatic carbocycles. The number of nitrogens with zero attached hydrogens (tertiary/aromatic N) is 2. The van der Waals surface area contributed by atoms with Gasteiger partial charge >= 0.3 is 0 Å². The van der Waals surface area contributed by atoms with E-state index >= 15 is 0 Å². The van der Waals surface area contributed by atoms with Crippen molar-refractivity contribution in [3.05, 3.63) is 126 Å². The lowest BCUT2D eigenvalue weighted by molar-refractivity contribution is 0.0729. The van der Waals surface area contributed by atoms with Crippen LogP contribution in [-0.2, 0) is 23.1 Å². The Bertz CT molecular complexity index is 1360. The average molecular weight is 472 g/mol. The molecule has 1 aromatic heterocycles. The number of nitrogens with one attached hydrogen (secondary N) is 1. The van der Waals surface area contributed by atoms with Crippen LogP contribution in [-0.4, -0.2) is 24.2 Å². The van der Waals surface area contributed by atoms with E-state index in [2.05, 4.69) is 9.71 Å². The van der Waals surface area contributed by atoms with Crippen molar-refractivity contribution in [2.24, 2.45) is 0 Å². The first-order chi connectivity index (χ1) is 16.4. The molecule has 6 nitrogen and oxygen atoms in total. The number of pyridine rings is 1. The van der Waals surface area contributed by atoms with E-state index < -0.39 is 10.0 Å². The molecular weight excluding hydrogens is 446 g/mol. The van der Waals surface area contributed by atoms with Crippen molar-refractivity contribution >= 4 is 21.6 Å². The predicted molar refractivity (Wildman–Crippen MR) is 133 cm³/mol. The minimum Gasteiger partial charge on any atom is -0.330 e. The van der Waals surface area contributed by atoms with E-state index in [1.807, 2.05) is 49.4 Å². The van der Waals surface area contributed by atoms with Gasteiger partial charge in [0, 0.05) is 36.7 Å². The molecular formula is C27H25N3O3S. The Labute approximate surface area is 200 Å². The SMILES string of the molecule is Cc1ccccc1CN(Cc1cccnc1)C(=O)c1ccc(S(=O)(=O)Nc2ccccc2)cc1. The first kappa shape index (κ1) is 23.2. The summed E-state index contributed by atoms with van der Waals surface area (Å²) >= 11 is 0. The lowest BCUT2D eigenvalue weighted by Crippen LogP contribution is -2.30. The smallest absolute Gasteiger partial charge is 0.261 e. The van der Waals surface area contributed by atoms with Crippen LogP contribution in [0.4, 0.5) is 5.69 Å². The fourth-order valence-electron chi connectivity index (χ4n) is 3.58. The average Bonchev–Trinajstić information content (AvgIpc) is 2.85. The minimum absolute atomic E-state index is 0.0885. The number of amides is 1. The van der Waals surface area contributed by atoms with Gasteiger partial charge in [-0.1, -0.05) is 48.5 Å². The predicted octanol–water partition coefficient (Wildman–Crippen LogP) is 5.03. The number of carbonyl (C=O) groups excluding carboxylic acids is 1. The summed E-state index contributed by atoms with van der Waals surface area (Å²) in [6, 6.07) is 26.4. The summed E-state index contributed by atoms with van der Waals surface area (Å²) in [4.78, 5) is 19.4. The molecule has 4 aromatic rings. The number of rotatable bonds is 8. The van der Waals surface area contributed by atoms with Crippen molar-refractivity contribution < 1.29 is 13.2 Å². The molecule has 0 spiro atoms. The van der Waals surface area contributed by atoms with Crippen LogP contribution >= 0.6 is 0 Å². The van der Waals surface area contributed by atoms with Crippen LogP contribution in [0.15, 0.2) is 108 Å². The highest BCUT2D eigenvalue weighted by molar-refractivity contribution is 7.92. The Morgan fingerprint density at radius 1 is 0.853 bits per heavy atom. The van der Waals surface area contributed by atoms with Gasteiger partial charge in [-0.15, -0.1) is 0 Å². The van der Waals surface area contributed by atoms with Gasteiger partial charge in [-0.3, -0.25) is 14.5 Å². The number of carbonyl (C=O) groups is 1. The minimum atomic E-state index is -3.76. The zero-order valence-electron chi connectivity index (χ0n) is 18.8. The van der Waals surface area contributed by atoms with Crippen molar-refractivity contribution in [1.82, 2.24) is 9.88 Å². The first-order valence-electron chi connectivity index (χ1n) is 10.8. The van der Waals surface area contributed by atoms with Gasteiger partial charge in [0.2, 0.25) is 0 Å². The fourth-order valence-corrected chi connectivity index (χ4v) is 4.64. The van der Waals surface area contributed by atoms with Crippen LogP contribution < -0.4 is 4.72 Å². The number of benzene rings is 3. The molecule has 0 aliphatic carbocycles. The molecule has 0 bridgehead atoms. The van der Waals surface area contributed by atoms with E-state index in [1.54, 1.807) is 53.7 Å². The maximum absolute atomic E-state index is 13.5. The fraction of sp³-hybridized carbons (Fsp3) is 0.111. The Morgan fingerprint density at radius 2 is 1.56 bits per heavy atom. The Balaban J connectivity index is 1.57. The van der Waals surface area contributed by atoms with E-state index in [4.69, 9.17) is 0 Å². The summed E-state index contributed by atoms with van der Waals surface area (Å²) < 4.78 is 28.0. The standard InChI is InChI=1S/C27H25N3O3S/c1-21-8-5-6-10-24(21)20-30(19-22-9-7-17-28-18-22)27(31)23-13-15-26(16-14-23)34(32,33)29-25-11-3-2-4-12-25/h2-18,29H,19-20H2,1H3. The molecule has 0 aliphatic heterocycles. The molecule has 7 heteroatoms. The number of aryl methyl sites for hydroxylation is 1. The number of hydrogen-bond donors (Lipinski definition) is 1. The van der Waals surface area contributed by atoms with Gasteiger partial charge in [0.15, 0.2) is 0 Å². The molecule has 0 fully saturated rings. The molecule has 34 heavy (non-hydrogen) atoms. The molecule has 0 saturated carbocycles. The van der Waals surface area contributed by atoms with E-state index in [-0.39, 0.29) is 10.8 Å². The maximum Gasteiger partial charge on any atom is 0.261 e. The van der Waals surface area contributed by atoms with Crippen LogP contribution in [0.3, 0.4) is 0 Å². The molecule has 1 amide bonds. The number of sulfonamides is 1. The highest BCUT2D eigenvalue weighted by atomic mass is 32.2. The maximum atomic E-state index is 13.5. The summed E-state index contributed by atoms with van der Waals surface area (Å²) in [5.41, 5.74) is 3.95. The monoisotopic (exact) mass is 471 g/mol. The van der Waals surface area contributed by atoms with Gasteiger partial charge in [-0.05, 0) is 66.1 Å². The third kappa shape index (κ3) is 5.68. The Kier molecular flexibility index (Phi) is 7.04. The summed E-state index contributed by atoms with van der Waals surface area (Å²) in [7, 11) is -3.76. The lowest BCUT2D eigenvalue weighted by Gasteiger charge is -2.24. The van der Waals surface area contributed by atoms with Crippen LogP contribution in [0.1, 0.15) is 27.0 Å². The molecule has 0 aliphatic rings. The first-order valence-corrected chi connectivity index (χ1v) is 12.3. The summed E-state index contributed by atoms with van der Waals surface area (Å²) in [5.74, 6) is -0.188. The number of anilines is 1. The topological polar surface area (TPSA) is 79.4 Å². The largest absolute Gasteiger partial charge is 0.330 e. The second kappa shape index (κ2) is 10.3. The van der Waals surface area contributed by atoms with Crippen molar-refractivity contribution in [3.8, 4) is 0 Å². The van der Waals surface area contributed by atoms with Crippen molar-refractivity contribution in [2.75, 3.05) is 4.72 Å². The third-order valence-electron chi connectivity index (χ3n) is 5.44. The zero-order chi connectivity index (χ0) is 24.0. The molecule has 0 saturated heterocycles. The van der Waals surface area contributed by atoms with Crippen LogP contribution in [0, 0.1) is 6.92 Å². The summed E-state index contributed by atoms with van der Waals surface area (Å²) in [6.45, 7) is 2.83. The van der Waals surface area contributed by atoms with Crippen molar-refractivity contribution in [3.63, 3.8) is 0 Å². The Morgan fingerprint density at radius 3 is 2.24 bits per heavy atom. The van der Waals surface area contributed by atoms with Gasteiger partial charge in [0.05, 0.1) is 4.90 Å². The third-order valence-corrected chi connectivity index (χ3v) is 6.84. The van der Waals surface area contributed by atoms with Crippen LogP contribution in [0.25, 0.3) is 0 Å². The second-order valence-corrected chi connectivity index (χ2v) is 9.63. The molecule has 4 rings (SSSR count). The highest BCUT2D eigenvalue weighted by Crippen LogP contribution is 2.20. The van der Waals surface area contributed by atoms with E-state index in [0.29, 0.717) is 24.3 Å². The molecule has 172 valence electrons. The molecule has 0 unspecified atom stereocenters. The van der Waals surface area contributed by atoms with Crippen molar-refractivity contribution in [1.29, 1.82) is 0 Å². The quantitative estimate of drug-likeness (QED) is 0.391. The van der Waals surface area contributed by atoms with Crippen LogP contribution in [0.5, 0.6) is 0 Å². The number of hydrogen-bond acceptors (Lipinski definition) is 4. The number of para-hydroxylation sites is 1. The van der Waals surface area contributed by atoms with Crippen LogP contribution in [0.2, 0.25) is 0 Å². The van der Waals surface area contributed by atoms with Gasteiger partial charge in [0.1, 0.15) is 0 Å². The van der Waals surface area contributed by atoms with Gasteiger partial charge in [0.25, 0.3) is 15.9 Å². The normalized spacial score (nSPS) is 11.1. The zero-order valence-corrected chi connectivity index (χ0v) is 19.6. The van der Waals surface area contributed by atoms with Gasteiger partial charge in [-0.25, -0.2) is 8.42 Å². The second-order valence-electron chi connectivity index (χ2n) is 7.94. The van der Waals surface area contributed by atoms with E-state index in [9.17, 15) is 13.2 Å². The van der Waals surface area contributed by atoms with Gasteiger partial charge < -0.3 is 4.90 Å². The molecule has 0 atom stereocenters. The van der Waals surface area contributed by atoms with E-state index in [0.717, 1.165) is 16.7 Å². The number of aromatic nitrogens is 1. The van der Waals surface area contributed by atoms with E-state index in [1.165, 1.54) is 12.1 Å². The summed E-state index contributed by atoms with van der Waals surface area (Å²) in [6.07, 6.45) is 3.43. The lowest BCUT2D eigenvalue weighted by atomic mass is 10.1. The van der Waals surface area contributed by atoms with Crippen molar-refractivity contribution in [2.45, 2.75) is 24.9 Å². The highest BCUT2D eigenvalue weighted by Gasteiger charge is 2.20. The molecule has 1 heterocycles. The molecule has 1 N–H and O–H groups in total. The Hall–Kier alpha value is -3.97. The summed E-state index contributed by atoms with van der Waals surface area (Å²) in [5, 5.41) is 0.